The molecule has 0 spiro atoms. The molecule has 5 rings (SSSR count). The Morgan fingerprint density at radius 2 is 1.90 bits per heavy atom. The van der Waals surface area contributed by atoms with Crippen LogP contribution in [0.4, 0.5) is 10.1 Å². The van der Waals surface area contributed by atoms with E-state index in [1.54, 1.807) is 26.4 Å². The van der Waals surface area contributed by atoms with Gasteiger partial charge in [0.15, 0.2) is 0 Å². The number of amides is 2. The molecule has 1 N–H and O–H groups in total. The molecule has 0 saturated heterocycles. The van der Waals surface area contributed by atoms with E-state index in [1.807, 2.05) is 30.3 Å². The molecular formula is C30H29FN6O2. The monoisotopic (exact) mass is 524 g/mol. The van der Waals surface area contributed by atoms with E-state index in [0.29, 0.717) is 47.8 Å². The summed E-state index contributed by atoms with van der Waals surface area (Å²) in [5.74, 6) is -0.965. The van der Waals surface area contributed by atoms with Crippen molar-refractivity contribution in [2.24, 2.45) is 0 Å². The number of halogens is 1. The topological polar surface area (TPSA) is 104 Å². The van der Waals surface area contributed by atoms with E-state index < -0.39 is 11.2 Å². The second-order valence-electron chi connectivity index (χ2n) is 10.3. The average molecular weight is 525 g/mol. The number of likely N-dealkylation sites (N-methyl/N-ethyl adjacent to an activating group) is 1. The third-order valence-corrected chi connectivity index (χ3v) is 7.59. The molecule has 0 unspecified atom stereocenters. The van der Waals surface area contributed by atoms with Gasteiger partial charge in [-0.25, -0.2) is 4.39 Å². The fraction of sp³-hybridized carbons (Fsp3) is 0.300. The summed E-state index contributed by atoms with van der Waals surface area (Å²) in [7, 11) is 3.33. The zero-order chi connectivity index (χ0) is 27.6. The number of rotatable bonds is 6. The number of carbonyl (C=O) groups excluding carboxylic acids is 2. The number of nitriles is 1. The molecule has 4 aromatic rings. The molecule has 1 saturated carbocycles. The summed E-state index contributed by atoms with van der Waals surface area (Å²) in [6.45, 7) is 0.0507. The first-order valence-electron chi connectivity index (χ1n) is 12.9. The summed E-state index contributed by atoms with van der Waals surface area (Å²) in [6, 6.07) is 16.8. The second-order valence-corrected chi connectivity index (χ2v) is 10.3. The maximum atomic E-state index is 14.4. The van der Waals surface area contributed by atoms with Gasteiger partial charge in [0, 0.05) is 31.9 Å². The first kappa shape index (κ1) is 26.0. The van der Waals surface area contributed by atoms with Crippen LogP contribution in [0, 0.1) is 17.1 Å². The molecule has 0 aliphatic heterocycles. The van der Waals surface area contributed by atoms with Gasteiger partial charge < -0.3 is 10.2 Å². The molecule has 2 aromatic carbocycles. The van der Waals surface area contributed by atoms with E-state index in [0.717, 1.165) is 11.1 Å². The van der Waals surface area contributed by atoms with Crippen molar-refractivity contribution < 1.29 is 14.0 Å². The van der Waals surface area contributed by atoms with Crippen molar-refractivity contribution in [2.45, 2.75) is 43.6 Å². The van der Waals surface area contributed by atoms with Gasteiger partial charge in [0.05, 0.1) is 34.4 Å². The summed E-state index contributed by atoms with van der Waals surface area (Å²) < 4.78 is 15.9. The van der Waals surface area contributed by atoms with Crippen LogP contribution in [0.15, 0.2) is 67.1 Å². The third kappa shape index (κ3) is 5.23. The average Bonchev–Trinajstić information content (AvgIpc) is 3.39. The SMILES string of the molecule is CN(C)C(=O)Cn1cc(NC(=O)c2cnc3ccc(F)cc3c2C2CCC(C#N)(c3ccccc3)CC2)cn1. The molecule has 9 heteroatoms. The number of hydrogen-bond donors (Lipinski definition) is 1. The standard InChI is InChI=1S/C30H29FN6O2/c1-36(2)27(38)18-37-17-23(15-34-37)35-29(39)25-16-33-26-9-8-22(31)14-24(26)28(25)20-10-12-30(19-32,13-11-20)21-6-4-3-5-7-21/h3-9,14-17,20H,10-13,18H2,1-2H3,(H,35,39). The number of fused-ring (bicyclic) bond motifs is 1. The minimum absolute atomic E-state index is 0.0507. The Labute approximate surface area is 226 Å². The number of nitrogens with zero attached hydrogens (tertiary/aromatic N) is 5. The highest BCUT2D eigenvalue weighted by Crippen LogP contribution is 2.46. The highest BCUT2D eigenvalue weighted by molar-refractivity contribution is 6.07. The van der Waals surface area contributed by atoms with Crippen LogP contribution in [0.1, 0.15) is 53.1 Å². The Hall–Kier alpha value is -4.58. The Kier molecular flexibility index (Phi) is 7.11. The second kappa shape index (κ2) is 10.7. The van der Waals surface area contributed by atoms with Crippen LogP contribution < -0.4 is 5.32 Å². The maximum absolute atomic E-state index is 14.4. The molecule has 39 heavy (non-hydrogen) atoms. The fourth-order valence-electron chi connectivity index (χ4n) is 5.42. The smallest absolute Gasteiger partial charge is 0.257 e. The number of nitrogens with one attached hydrogen (secondary N) is 1. The normalized spacial score (nSPS) is 18.9. The molecule has 0 radical (unpaired) electrons. The lowest BCUT2D eigenvalue weighted by atomic mass is 9.66. The number of carbonyl (C=O) groups is 2. The summed E-state index contributed by atoms with van der Waals surface area (Å²) in [4.78, 5) is 31.5. The predicted molar refractivity (Wildman–Crippen MR) is 146 cm³/mol. The first-order valence-corrected chi connectivity index (χ1v) is 12.9. The van der Waals surface area contributed by atoms with Gasteiger partial charge in [-0.05, 0) is 60.9 Å². The number of aromatic nitrogens is 3. The lowest BCUT2D eigenvalue weighted by Crippen LogP contribution is -2.30. The molecule has 2 heterocycles. The van der Waals surface area contributed by atoms with Gasteiger partial charge in [-0.15, -0.1) is 0 Å². The molecule has 1 fully saturated rings. The van der Waals surface area contributed by atoms with E-state index in [9.17, 15) is 19.2 Å². The van der Waals surface area contributed by atoms with Crippen LogP contribution >= 0.6 is 0 Å². The van der Waals surface area contributed by atoms with Crippen molar-refractivity contribution in [3.63, 3.8) is 0 Å². The van der Waals surface area contributed by atoms with Gasteiger partial charge in [-0.2, -0.15) is 10.4 Å². The minimum atomic E-state index is -0.590. The van der Waals surface area contributed by atoms with Gasteiger partial charge in [0.2, 0.25) is 5.91 Å². The highest BCUT2D eigenvalue weighted by atomic mass is 19.1. The molecule has 0 bridgehead atoms. The zero-order valence-electron chi connectivity index (χ0n) is 21.9. The molecular weight excluding hydrogens is 495 g/mol. The lowest BCUT2D eigenvalue weighted by molar-refractivity contribution is -0.129. The largest absolute Gasteiger partial charge is 0.347 e. The van der Waals surface area contributed by atoms with Crippen molar-refractivity contribution in [3.05, 3.63) is 89.6 Å². The predicted octanol–water partition coefficient (Wildman–Crippen LogP) is 5.03. The Morgan fingerprint density at radius 3 is 2.59 bits per heavy atom. The lowest BCUT2D eigenvalue weighted by Gasteiger charge is -2.36. The van der Waals surface area contributed by atoms with E-state index in [2.05, 4.69) is 21.5 Å². The van der Waals surface area contributed by atoms with Crippen LogP contribution in [0.5, 0.6) is 0 Å². The van der Waals surface area contributed by atoms with E-state index in [4.69, 9.17) is 0 Å². The van der Waals surface area contributed by atoms with Gasteiger partial charge in [0.25, 0.3) is 5.91 Å². The van der Waals surface area contributed by atoms with E-state index >= 15 is 0 Å². The van der Waals surface area contributed by atoms with Crippen LogP contribution in [0.25, 0.3) is 10.9 Å². The summed E-state index contributed by atoms with van der Waals surface area (Å²) in [5, 5.41) is 17.8. The first-order chi connectivity index (χ1) is 18.8. The summed E-state index contributed by atoms with van der Waals surface area (Å²) in [6.07, 6.45) is 7.21. The van der Waals surface area contributed by atoms with Crippen molar-refractivity contribution in [1.82, 2.24) is 19.7 Å². The molecule has 2 amide bonds. The van der Waals surface area contributed by atoms with Gasteiger partial charge in [-0.1, -0.05) is 30.3 Å². The molecule has 0 atom stereocenters. The van der Waals surface area contributed by atoms with Crippen molar-refractivity contribution in [1.29, 1.82) is 5.26 Å². The van der Waals surface area contributed by atoms with Gasteiger partial charge >= 0.3 is 0 Å². The maximum Gasteiger partial charge on any atom is 0.257 e. The van der Waals surface area contributed by atoms with Gasteiger partial charge in [-0.3, -0.25) is 19.3 Å². The Bertz CT molecular complexity index is 1570. The summed E-state index contributed by atoms with van der Waals surface area (Å²) in [5.41, 5.74) is 2.56. The van der Waals surface area contributed by atoms with Crippen LogP contribution in [0.2, 0.25) is 0 Å². The molecule has 198 valence electrons. The Morgan fingerprint density at radius 1 is 1.15 bits per heavy atom. The third-order valence-electron chi connectivity index (χ3n) is 7.59. The van der Waals surface area contributed by atoms with E-state index in [1.165, 1.54) is 34.1 Å². The minimum Gasteiger partial charge on any atom is -0.347 e. The number of benzene rings is 2. The fourth-order valence-corrected chi connectivity index (χ4v) is 5.42. The van der Waals surface area contributed by atoms with Crippen molar-refractivity contribution in [3.8, 4) is 6.07 Å². The number of anilines is 1. The summed E-state index contributed by atoms with van der Waals surface area (Å²) >= 11 is 0. The molecule has 8 nitrogen and oxygen atoms in total. The van der Waals surface area contributed by atoms with Crippen molar-refractivity contribution >= 4 is 28.4 Å². The van der Waals surface area contributed by atoms with Crippen LogP contribution in [-0.4, -0.2) is 45.6 Å². The van der Waals surface area contributed by atoms with Crippen LogP contribution in [-0.2, 0) is 16.8 Å². The Balaban J connectivity index is 1.45. The number of pyridine rings is 1. The van der Waals surface area contributed by atoms with E-state index in [-0.39, 0.29) is 24.3 Å². The van der Waals surface area contributed by atoms with Gasteiger partial charge in [0.1, 0.15) is 12.4 Å². The highest BCUT2D eigenvalue weighted by Gasteiger charge is 2.39. The molecule has 1 aliphatic carbocycles. The van der Waals surface area contributed by atoms with Crippen LogP contribution in [0.3, 0.4) is 0 Å². The number of hydrogen-bond acceptors (Lipinski definition) is 5. The van der Waals surface area contributed by atoms with Crippen molar-refractivity contribution in [2.75, 3.05) is 19.4 Å². The molecule has 2 aromatic heterocycles. The molecule has 1 aliphatic rings. The quantitative estimate of drug-likeness (QED) is 0.381. The zero-order valence-corrected chi connectivity index (χ0v) is 21.9.